The Morgan fingerprint density at radius 2 is 2.19 bits per heavy atom. The zero-order chi connectivity index (χ0) is 11.5. The lowest BCUT2D eigenvalue weighted by atomic mass is 9.92. The Morgan fingerprint density at radius 1 is 1.38 bits per heavy atom. The second kappa shape index (κ2) is 4.98. The Labute approximate surface area is 98.2 Å². The van der Waals surface area contributed by atoms with Crippen molar-refractivity contribution in [3.8, 4) is 0 Å². The standard InChI is InChI=1S/C14H21NO/c1-11-4-5-14(12-6-7-16-10-12)13(8-11)9-15(2)3/h4-5,8,12H,6-7,9-10H2,1-3H3/t12-/m1/s1. The summed E-state index contributed by atoms with van der Waals surface area (Å²) in [6, 6.07) is 6.81. The fraction of sp³-hybridized carbons (Fsp3) is 0.571. The predicted octanol–water partition coefficient (Wildman–Crippen LogP) is 2.56. The quantitative estimate of drug-likeness (QED) is 0.774. The molecule has 1 aromatic rings. The Kier molecular flexibility index (Phi) is 3.62. The van der Waals surface area contributed by atoms with Gasteiger partial charge in [-0.05, 0) is 38.6 Å². The number of benzene rings is 1. The molecule has 16 heavy (non-hydrogen) atoms. The van der Waals surface area contributed by atoms with E-state index >= 15 is 0 Å². The average Bonchev–Trinajstić information content (AvgIpc) is 2.69. The van der Waals surface area contributed by atoms with E-state index in [1.165, 1.54) is 23.1 Å². The van der Waals surface area contributed by atoms with Crippen LogP contribution in [-0.2, 0) is 11.3 Å². The van der Waals surface area contributed by atoms with E-state index in [9.17, 15) is 0 Å². The van der Waals surface area contributed by atoms with Crippen LogP contribution in [0.15, 0.2) is 18.2 Å². The molecular formula is C14H21NO. The summed E-state index contributed by atoms with van der Waals surface area (Å²) in [4.78, 5) is 2.23. The molecule has 0 bridgehead atoms. The van der Waals surface area contributed by atoms with Gasteiger partial charge in [0.2, 0.25) is 0 Å². The minimum atomic E-state index is 0.607. The molecule has 1 fully saturated rings. The predicted molar refractivity (Wildman–Crippen MR) is 66.7 cm³/mol. The van der Waals surface area contributed by atoms with Gasteiger partial charge in [0.25, 0.3) is 0 Å². The first kappa shape index (κ1) is 11.6. The molecule has 1 aliphatic rings. The first-order valence-corrected chi connectivity index (χ1v) is 5.98. The summed E-state index contributed by atoms with van der Waals surface area (Å²) in [7, 11) is 4.24. The SMILES string of the molecule is Cc1ccc([C@@H]2CCOC2)c(CN(C)C)c1. The van der Waals surface area contributed by atoms with Crippen LogP contribution in [0.25, 0.3) is 0 Å². The van der Waals surface area contributed by atoms with Gasteiger partial charge in [-0.3, -0.25) is 0 Å². The normalized spacial score (nSPS) is 20.6. The highest BCUT2D eigenvalue weighted by molar-refractivity contribution is 5.34. The third-order valence-electron chi connectivity index (χ3n) is 3.15. The Hall–Kier alpha value is -0.860. The van der Waals surface area contributed by atoms with Gasteiger partial charge in [-0.15, -0.1) is 0 Å². The number of ether oxygens (including phenoxy) is 1. The molecule has 0 unspecified atom stereocenters. The molecule has 1 heterocycles. The fourth-order valence-corrected chi connectivity index (χ4v) is 2.39. The van der Waals surface area contributed by atoms with Gasteiger partial charge in [0.05, 0.1) is 6.61 Å². The maximum absolute atomic E-state index is 5.49. The van der Waals surface area contributed by atoms with E-state index in [1.807, 2.05) is 0 Å². The van der Waals surface area contributed by atoms with Crippen LogP contribution < -0.4 is 0 Å². The van der Waals surface area contributed by atoms with Crippen LogP contribution in [0.5, 0.6) is 0 Å². The number of hydrogen-bond donors (Lipinski definition) is 0. The lowest BCUT2D eigenvalue weighted by molar-refractivity contribution is 0.193. The summed E-state index contributed by atoms with van der Waals surface area (Å²) in [6.07, 6.45) is 1.17. The van der Waals surface area contributed by atoms with Gasteiger partial charge in [-0.2, -0.15) is 0 Å². The molecule has 2 heteroatoms. The van der Waals surface area contributed by atoms with Crippen LogP contribution in [0.3, 0.4) is 0 Å². The second-order valence-electron chi connectivity index (χ2n) is 5.00. The number of aryl methyl sites for hydroxylation is 1. The number of nitrogens with zero attached hydrogens (tertiary/aromatic N) is 1. The fourth-order valence-electron chi connectivity index (χ4n) is 2.39. The van der Waals surface area contributed by atoms with E-state index < -0.39 is 0 Å². The van der Waals surface area contributed by atoms with Gasteiger partial charge >= 0.3 is 0 Å². The van der Waals surface area contributed by atoms with E-state index in [1.54, 1.807) is 0 Å². The molecule has 88 valence electrons. The molecule has 1 aliphatic heterocycles. The lowest BCUT2D eigenvalue weighted by Crippen LogP contribution is -2.14. The summed E-state index contributed by atoms with van der Waals surface area (Å²) >= 11 is 0. The summed E-state index contributed by atoms with van der Waals surface area (Å²) in [6.45, 7) is 4.99. The van der Waals surface area contributed by atoms with Gasteiger partial charge in [0, 0.05) is 19.1 Å². The van der Waals surface area contributed by atoms with Crippen molar-refractivity contribution in [2.24, 2.45) is 0 Å². The van der Waals surface area contributed by atoms with Gasteiger partial charge in [0.1, 0.15) is 0 Å². The smallest absolute Gasteiger partial charge is 0.0535 e. The van der Waals surface area contributed by atoms with Crippen LogP contribution >= 0.6 is 0 Å². The molecule has 0 saturated carbocycles. The Balaban J connectivity index is 2.27. The van der Waals surface area contributed by atoms with E-state index in [4.69, 9.17) is 4.74 Å². The monoisotopic (exact) mass is 219 g/mol. The first-order chi connectivity index (χ1) is 7.66. The minimum absolute atomic E-state index is 0.607. The van der Waals surface area contributed by atoms with Gasteiger partial charge in [0.15, 0.2) is 0 Å². The van der Waals surface area contributed by atoms with Gasteiger partial charge in [-0.25, -0.2) is 0 Å². The molecule has 0 aliphatic carbocycles. The molecule has 0 spiro atoms. The highest BCUT2D eigenvalue weighted by Gasteiger charge is 2.20. The third-order valence-corrected chi connectivity index (χ3v) is 3.15. The van der Waals surface area contributed by atoms with Crippen molar-refractivity contribution in [2.75, 3.05) is 27.3 Å². The molecule has 0 aromatic heterocycles. The largest absolute Gasteiger partial charge is 0.381 e. The van der Waals surface area contributed by atoms with Crippen molar-refractivity contribution in [3.63, 3.8) is 0 Å². The van der Waals surface area contributed by atoms with Crippen molar-refractivity contribution in [3.05, 3.63) is 34.9 Å². The van der Waals surface area contributed by atoms with Gasteiger partial charge < -0.3 is 9.64 Å². The summed E-state index contributed by atoms with van der Waals surface area (Å²) in [5, 5.41) is 0. The summed E-state index contributed by atoms with van der Waals surface area (Å²) < 4.78 is 5.49. The van der Waals surface area contributed by atoms with E-state index in [0.717, 1.165) is 19.8 Å². The topological polar surface area (TPSA) is 12.5 Å². The van der Waals surface area contributed by atoms with Crippen molar-refractivity contribution in [1.29, 1.82) is 0 Å². The molecule has 1 saturated heterocycles. The molecule has 0 N–H and O–H groups in total. The molecule has 2 nitrogen and oxygen atoms in total. The van der Waals surface area contributed by atoms with Crippen molar-refractivity contribution >= 4 is 0 Å². The van der Waals surface area contributed by atoms with Crippen LogP contribution in [0.4, 0.5) is 0 Å². The van der Waals surface area contributed by atoms with Crippen LogP contribution in [0.2, 0.25) is 0 Å². The average molecular weight is 219 g/mol. The minimum Gasteiger partial charge on any atom is -0.381 e. The van der Waals surface area contributed by atoms with Crippen LogP contribution in [0.1, 0.15) is 29.0 Å². The number of rotatable bonds is 3. The Morgan fingerprint density at radius 3 is 2.81 bits per heavy atom. The second-order valence-corrected chi connectivity index (χ2v) is 5.00. The van der Waals surface area contributed by atoms with E-state index in [0.29, 0.717) is 5.92 Å². The zero-order valence-electron chi connectivity index (χ0n) is 10.5. The summed E-state index contributed by atoms with van der Waals surface area (Å²) in [5.74, 6) is 0.607. The zero-order valence-corrected chi connectivity index (χ0v) is 10.5. The van der Waals surface area contributed by atoms with E-state index in [-0.39, 0.29) is 0 Å². The molecule has 0 amide bonds. The van der Waals surface area contributed by atoms with Crippen LogP contribution in [0, 0.1) is 6.92 Å². The van der Waals surface area contributed by atoms with Crippen molar-refractivity contribution in [2.45, 2.75) is 25.8 Å². The van der Waals surface area contributed by atoms with Crippen molar-refractivity contribution in [1.82, 2.24) is 4.90 Å². The summed E-state index contributed by atoms with van der Waals surface area (Å²) in [5.41, 5.74) is 4.29. The third kappa shape index (κ3) is 2.63. The maximum Gasteiger partial charge on any atom is 0.0535 e. The van der Waals surface area contributed by atoms with Crippen molar-refractivity contribution < 1.29 is 4.74 Å². The van der Waals surface area contributed by atoms with Gasteiger partial charge in [-0.1, -0.05) is 23.8 Å². The van der Waals surface area contributed by atoms with E-state index in [2.05, 4.69) is 44.1 Å². The number of hydrogen-bond acceptors (Lipinski definition) is 2. The molecular weight excluding hydrogens is 198 g/mol. The molecule has 1 atom stereocenters. The molecule has 2 rings (SSSR count). The highest BCUT2D eigenvalue weighted by Crippen LogP contribution is 2.29. The lowest BCUT2D eigenvalue weighted by Gasteiger charge is -2.18. The Bertz CT molecular complexity index is 354. The maximum atomic E-state index is 5.49. The van der Waals surface area contributed by atoms with Crippen LogP contribution in [-0.4, -0.2) is 32.2 Å². The molecule has 1 aromatic carbocycles. The first-order valence-electron chi connectivity index (χ1n) is 5.98. The molecule has 0 radical (unpaired) electrons. The highest BCUT2D eigenvalue weighted by atomic mass is 16.5.